The molecule has 0 saturated heterocycles. The number of aliphatic hydroxyl groups excluding tert-OH is 2. The third-order valence-corrected chi connectivity index (χ3v) is 1.67. The molecule has 0 aromatic carbocycles. The first-order valence-corrected chi connectivity index (χ1v) is 5.14. The molecule has 0 bridgehead atoms. The molecule has 96 valence electrons. The van der Waals surface area contributed by atoms with Gasteiger partial charge in [0.1, 0.15) is 0 Å². The van der Waals surface area contributed by atoms with Crippen LogP contribution in [-0.2, 0) is 9.59 Å². The van der Waals surface area contributed by atoms with E-state index in [1.807, 2.05) is 0 Å². The van der Waals surface area contributed by atoms with Crippen LogP contribution in [0.3, 0.4) is 0 Å². The fourth-order valence-electron chi connectivity index (χ4n) is 0.783. The van der Waals surface area contributed by atoms with Gasteiger partial charge in [0, 0.05) is 0 Å². The molecule has 0 aromatic rings. The number of aliphatic hydroxyl groups is 2. The van der Waals surface area contributed by atoms with Crippen molar-refractivity contribution in [2.24, 2.45) is 0 Å². The molecule has 7 heteroatoms. The van der Waals surface area contributed by atoms with Crippen LogP contribution < -0.4 is 10.2 Å². The van der Waals surface area contributed by atoms with E-state index in [9.17, 15) is 19.8 Å². The number of rotatable bonds is 6. The molecule has 0 heterocycles. The molecule has 0 amide bonds. The smallest absolute Gasteiger partial charge is 0.547 e. The van der Waals surface area contributed by atoms with Crippen LogP contribution in [0.25, 0.3) is 0 Å². The Kier molecular flexibility index (Phi) is 18.6. The maximum atomic E-state index is 9.73. The first kappa shape index (κ1) is 22.3. The van der Waals surface area contributed by atoms with Gasteiger partial charge in [0.15, 0.2) is 0 Å². The van der Waals surface area contributed by atoms with Gasteiger partial charge in [0.05, 0.1) is 24.1 Å². The minimum Gasteiger partial charge on any atom is -0.547 e. The minimum absolute atomic E-state index is 0. The fourth-order valence-corrected chi connectivity index (χ4v) is 0.783. The van der Waals surface area contributed by atoms with Crippen LogP contribution in [0, 0.1) is 0 Å². The summed E-state index contributed by atoms with van der Waals surface area (Å²) < 4.78 is 0. The Bertz CT molecular complexity index is 187. The first-order valence-electron chi connectivity index (χ1n) is 5.14. The molecule has 0 aliphatic rings. The topological polar surface area (TPSA) is 121 Å². The first-order chi connectivity index (χ1) is 7.36. The Hall–Kier alpha value is 0.120. The maximum Gasteiger partial charge on any atom is 2.00 e. The van der Waals surface area contributed by atoms with Crippen LogP contribution >= 0.6 is 0 Å². The van der Waals surface area contributed by atoms with Crippen LogP contribution in [0.1, 0.15) is 39.5 Å². The summed E-state index contributed by atoms with van der Waals surface area (Å²) in [6, 6.07) is 0. The molecule has 2 atom stereocenters. The van der Waals surface area contributed by atoms with E-state index < -0.39 is 24.1 Å². The van der Waals surface area contributed by atoms with Gasteiger partial charge < -0.3 is 30.0 Å². The van der Waals surface area contributed by atoms with Crippen molar-refractivity contribution in [1.82, 2.24) is 0 Å². The van der Waals surface area contributed by atoms with Gasteiger partial charge in [0.25, 0.3) is 0 Å². The molecule has 2 N–H and O–H groups in total. The minimum atomic E-state index is -1.38. The van der Waals surface area contributed by atoms with E-state index in [0.29, 0.717) is 12.8 Å². The Morgan fingerprint density at radius 3 is 1.24 bits per heavy atom. The predicted molar refractivity (Wildman–Crippen MR) is 57.6 cm³/mol. The number of aliphatic carboxylic acids is 2. The summed E-state index contributed by atoms with van der Waals surface area (Å²) in [5.74, 6) is -2.77. The van der Waals surface area contributed by atoms with Gasteiger partial charge in [-0.15, -0.1) is 0 Å². The summed E-state index contributed by atoms with van der Waals surface area (Å²) in [4.78, 5) is 19.5. The number of carbonyl (C=O) groups is 2. The normalized spacial score (nSPS) is 12.5. The molecule has 2 unspecified atom stereocenters. The molecule has 0 saturated carbocycles. The fraction of sp³-hybridized carbons (Fsp3) is 0.800. The van der Waals surface area contributed by atoms with Gasteiger partial charge in [-0.05, 0) is 12.8 Å². The van der Waals surface area contributed by atoms with Crippen molar-refractivity contribution in [2.45, 2.75) is 51.7 Å². The molecule has 0 aliphatic carbocycles. The van der Waals surface area contributed by atoms with E-state index >= 15 is 0 Å². The second-order valence-corrected chi connectivity index (χ2v) is 3.25. The molecule has 17 heavy (non-hydrogen) atoms. The van der Waals surface area contributed by atoms with Crippen molar-refractivity contribution >= 4 is 49.7 Å². The monoisotopic (exact) mass is 274 g/mol. The summed E-state index contributed by atoms with van der Waals surface area (Å²) in [5, 5.41) is 36.4. The SMILES string of the molecule is CCCC(O)C(=O)[O-].CCCC(O)C(=O)[O-].[Ca+2]. The largest absolute Gasteiger partial charge is 2.00 e. The maximum absolute atomic E-state index is 9.73. The Morgan fingerprint density at radius 1 is 0.941 bits per heavy atom. The van der Waals surface area contributed by atoms with E-state index in [1.54, 1.807) is 13.8 Å². The Morgan fingerprint density at radius 2 is 1.18 bits per heavy atom. The van der Waals surface area contributed by atoms with Crippen molar-refractivity contribution in [3.63, 3.8) is 0 Å². The average Bonchev–Trinajstić information content (AvgIpc) is 2.19. The summed E-state index contributed by atoms with van der Waals surface area (Å²) >= 11 is 0. The Balaban J connectivity index is -0.000000218. The number of hydrogen-bond donors (Lipinski definition) is 2. The molecular formula is C10H18CaO6. The van der Waals surface area contributed by atoms with E-state index in [4.69, 9.17) is 10.2 Å². The third-order valence-electron chi connectivity index (χ3n) is 1.67. The molecule has 0 aromatic heterocycles. The van der Waals surface area contributed by atoms with E-state index in [-0.39, 0.29) is 50.6 Å². The van der Waals surface area contributed by atoms with Crippen molar-refractivity contribution in [3.05, 3.63) is 0 Å². The zero-order valence-electron chi connectivity index (χ0n) is 10.2. The van der Waals surface area contributed by atoms with Gasteiger partial charge >= 0.3 is 37.7 Å². The number of carboxylic acid groups (broad SMARTS) is 2. The summed E-state index contributed by atoms with van der Waals surface area (Å²) in [6.45, 7) is 3.60. The van der Waals surface area contributed by atoms with Crippen LogP contribution in [-0.4, -0.2) is 72.1 Å². The van der Waals surface area contributed by atoms with Gasteiger partial charge in [-0.25, -0.2) is 0 Å². The van der Waals surface area contributed by atoms with Crippen LogP contribution in [0.5, 0.6) is 0 Å². The molecule has 0 aliphatic heterocycles. The van der Waals surface area contributed by atoms with Gasteiger partial charge in [0.2, 0.25) is 0 Å². The standard InChI is InChI=1S/2C5H10O3.Ca/c2*1-2-3-4(6)5(7)8;/h2*4,6H,2-3H2,1H3,(H,7,8);/q;;+2/p-2. The molecule has 0 spiro atoms. The molecule has 6 nitrogen and oxygen atoms in total. The Labute approximate surface area is 131 Å². The van der Waals surface area contributed by atoms with E-state index in [0.717, 1.165) is 0 Å². The molecule has 0 fully saturated rings. The van der Waals surface area contributed by atoms with E-state index in [2.05, 4.69) is 0 Å². The van der Waals surface area contributed by atoms with Gasteiger partial charge in [-0.3, -0.25) is 0 Å². The van der Waals surface area contributed by atoms with E-state index in [1.165, 1.54) is 0 Å². The summed E-state index contributed by atoms with van der Waals surface area (Å²) in [6.07, 6.45) is -0.672. The zero-order valence-corrected chi connectivity index (χ0v) is 12.4. The second-order valence-electron chi connectivity index (χ2n) is 3.25. The van der Waals surface area contributed by atoms with Gasteiger partial charge in [-0.2, -0.15) is 0 Å². The summed E-state index contributed by atoms with van der Waals surface area (Å²) in [7, 11) is 0. The number of hydrogen-bond acceptors (Lipinski definition) is 6. The zero-order chi connectivity index (χ0) is 13.1. The predicted octanol–water partition coefficient (Wildman–Crippen LogP) is -2.59. The van der Waals surface area contributed by atoms with Crippen molar-refractivity contribution in [1.29, 1.82) is 0 Å². The summed E-state index contributed by atoms with van der Waals surface area (Å²) in [5.41, 5.74) is 0. The van der Waals surface area contributed by atoms with Crippen molar-refractivity contribution in [2.75, 3.05) is 0 Å². The number of carbonyl (C=O) groups excluding carboxylic acids is 2. The second kappa shape index (κ2) is 14.2. The molecular weight excluding hydrogens is 256 g/mol. The van der Waals surface area contributed by atoms with Crippen LogP contribution in [0.4, 0.5) is 0 Å². The van der Waals surface area contributed by atoms with Crippen molar-refractivity contribution in [3.8, 4) is 0 Å². The third kappa shape index (κ3) is 16.1. The number of carboxylic acids is 2. The molecule has 0 rings (SSSR count). The molecule has 0 radical (unpaired) electrons. The quantitative estimate of drug-likeness (QED) is 0.513. The van der Waals surface area contributed by atoms with Crippen LogP contribution in [0.2, 0.25) is 0 Å². The van der Waals surface area contributed by atoms with Gasteiger partial charge in [-0.1, -0.05) is 26.7 Å². The average molecular weight is 274 g/mol. The van der Waals surface area contributed by atoms with Crippen LogP contribution in [0.15, 0.2) is 0 Å². The van der Waals surface area contributed by atoms with Crippen molar-refractivity contribution < 1.29 is 30.0 Å².